The molecule has 0 fully saturated rings. The number of nitrogens with zero attached hydrogens (tertiary/aromatic N) is 1. The van der Waals surface area contributed by atoms with E-state index in [4.69, 9.17) is 9.84 Å². The number of aromatic nitrogens is 1. The third-order valence-electron chi connectivity index (χ3n) is 3.26. The molecular weight excluding hydrogens is 234 g/mol. The number of hydrogen-bond donors (Lipinski definition) is 2. The molecule has 0 saturated heterocycles. The normalized spacial score (nSPS) is 12.7. The molecule has 5 heteroatoms. The zero-order valence-electron chi connectivity index (χ0n) is 10.5. The lowest BCUT2D eigenvalue weighted by Crippen LogP contribution is -2.11. The van der Waals surface area contributed by atoms with Crippen LogP contribution in [0.15, 0.2) is 18.2 Å². The summed E-state index contributed by atoms with van der Waals surface area (Å²) in [6.07, 6.45) is -1.55. The average Bonchev–Trinajstić information content (AvgIpc) is 2.61. The molecule has 0 radical (unpaired) electrons. The zero-order chi connectivity index (χ0) is 13.4. The first-order valence-corrected chi connectivity index (χ1v) is 5.51. The van der Waals surface area contributed by atoms with Crippen molar-refractivity contribution < 1.29 is 19.7 Å². The highest BCUT2D eigenvalue weighted by Crippen LogP contribution is 2.36. The molecule has 0 saturated carbocycles. The number of aliphatic carboxylic acids is 1. The van der Waals surface area contributed by atoms with Gasteiger partial charge < -0.3 is 19.5 Å². The van der Waals surface area contributed by atoms with Gasteiger partial charge in [-0.1, -0.05) is 6.07 Å². The van der Waals surface area contributed by atoms with E-state index in [-0.39, 0.29) is 0 Å². The van der Waals surface area contributed by atoms with Crippen molar-refractivity contribution in [1.82, 2.24) is 4.57 Å². The summed E-state index contributed by atoms with van der Waals surface area (Å²) in [5.74, 6) is -0.706. The smallest absolute Gasteiger partial charge is 0.337 e. The number of carbonyl (C=O) groups is 1. The molecule has 2 aromatic rings. The Hall–Kier alpha value is -2.01. The lowest BCUT2D eigenvalue weighted by Gasteiger charge is -2.08. The Morgan fingerprint density at radius 3 is 2.67 bits per heavy atom. The molecule has 1 unspecified atom stereocenters. The van der Waals surface area contributed by atoms with Gasteiger partial charge in [-0.25, -0.2) is 4.79 Å². The van der Waals surface area contributed by atoms with Crippen LogP contribution >= 0.6 is 0 Å². The summed E-state index contributed by atoms with van der Waals surface area (Å²) < 4.78 is 7.10. The Labute approximate surface area is 104 Å². The molecule has 1 aromatic carbocycles. The topological polar surface area (TPSA) is 71.7 Å². The number of rotatable bonds is 3. The van der Waals surface area contributed by atoms with Gasteiger partial charge in [-0.3, -0.25) is 0 Å². The molecule has 0 aliphatic rings. The van der Waals surface area contributed by atoms with Crippen LogP contribution in [0.25, 0.3) is 10.9 Å². The minimum Gasteiger partial charge on any atom is -0.496 e. The number of carboxylic acids is 1. The fourth-order valence-electron chi connectivity index (χ4n) is 2.24. The van der Waals surface area contributed by atoms with Crippen LogP contribution in [0.1, 0.15) is 17.4 Å². The molecule has 0 bridgehead atoms. The molecule has 2 rings (SSSR count). The van der Waals surface area contributed by atoms with Crippen molar-refractivity contribution in [3.8, 4) is 5.75 Å². The first-order valence-electron chi connectivity index (χ1n) is 5.51. The van der Waals surface area contributed by atoms with E-state index in [2.05, 4.69) is 0 Å². The zero-order valence-corrected chi connectivity index (χ0v) is 10.5. The molecule has 1 aromatic heterocycles. The van der Waals surface area contributed by atoms with Gasteiger partial charge >= 0.3 is 5.97 Å². The summed E-state index contributed by atoms with van der Waals surface area (Å²) in [5, 5.41) is 19.5. The van der Waals surface area contributed by atoms with Crippen LogP contribution < -0.4 is 4.74 Å². The van der Waals surface area contributed by atoms with Crippen LogP contribution in [0.3, 0.4) is 0 Å². The predicted octanol–water partition coefficient (Wildman–Crippen LogP) is 1.61. The molecular formula is C13H15NO4. The highest BCUT2D eigenvalue weighted by molar-refractivity contribution is 5.94. The van der Waals surface area contributed by atoms with Crippen molar-refractivity contribution in [2.24, 2.45) is 7.05 Å². The highest BCUT2D eigenvalue weighted by atomic mass is 16.5. The van der Waals surface area contributed by atoms with E-state index in [1.807, 2.05) is 23.7 Å². The molecule has 96 valence electrons. The maximum absolute atomic E-state index is 11.0. The van der Waals surface area contributed by atoms with Gasteiger partial charge in [0.1, 0.15) is 5.75 Å². The average molecular weight is 249 g/mol. The summed E-state index contributed by atoms with van der Waals surface area (Å²) in [4.78, 5) is 11.0. The maximum atomic E-state index is 11.0. The molecule has 2 N–H and O–H groups in total. The first-order chi connectivity index (χ1) is 8.49. The van der Waals surface area contributed by atoms with Gasteiger partial charge in [-0.2, -0.15) is 0 Å². The number of aliphatic hydroxyl groups excluding tert-OH is 1. The minimum absolute atomic E-state index is 0.387. The van der Waals surface area contributed by atoms with E-state index < -0.39 is 12.1 Å². The van der Waals surface area contributed by atoms with Gasteiger partial charge in [-0.05, 0) is 19.1 Å². The third-order valence-corrected chi connectivity index (χ3v) is 3.26. The van der Waals surface area contributed by atoms with Crippen molar-refractivity contribution >= 4 is 16.9 Å². The Balaban J connectivity index is 2.87. The number of methoxy groups -OCH3 is 1. The van der Waals surface area contributed by atoms with E-state index in [1.165, 1.54) is 7.11 Å². The van der Waals surface area contributed by atoms with E-state index in [1.54, 1.807) is 13.0 Å². The fraction of sp³-hybridized carbons (Fsp3) is 0.308. The van der Waals surface area contributed by atoms with E-state index >= 15 is 0 Å². The van der Waals surface area contributed by atoms with Crippen molar-refractivity contribution in [3.63, 3.8) is 0 Å². The highest BCUT2D eigenvalue weighted by Gasteiger charge is 2.26. The van der Waals surface area contributed by atoms with Gasteiger partial charge in [0.15, 0.2) is 6.10 Å². The number of carboxylic acid groups (broad SMARTS) is 1. The minimum atomic E-state index is -1.55. The number of aliphatic hydroxyl groups is 1. The second-order valence-electron chi connectivity index (χ2n) is 4.15. The Morgan fingerprint density at radius 2 is 2.11 bits per heavy atom. The molecule has 5 nitrogen and oxygen atoms in total. The second-order valence-corrected chi connectivity index (χ2v) is 4.15. The molecule has 0 spiro atoms. The lowest BCUT2D eigenvalue weighted by atomic mass is 10.0. The molecule has 18 heavy (non-hydrogen) atoms. The molecule has 1 heterocycles. The molecule has 0 aliphatic carbocycles. The summed E-state index contributed by atoms with van der Waals surface area (Å²) in [6.45, 7) is 1.78. The Bertz CT molecular complexity index is 615. The molecule has 1 atom stereocenters. The summed E-state index contributed by atoms with van der Waals surface area (Å²) >= 11 is 0. The number of ether oxygens (including phenoxy) is 1. The standard InChI is InChI=1S/C13H15NO4/c1-7-10(12(15)13(16)17)11-8(14(7)2)5-4-6-9(11)18-3/h4-6,12,15H,1-3H3,(H,16,17). The van der Waals surface area contributed by atoms with E-state index in [0.29, 0.717) is 22.4 Å². The Kier molecular flexibility index (Phi) is 3.00. The SMILES string of the molecule is COc1cccc2c1c(C(O)C(=O)O)c(C)n2C. The van der Waals surface area contributed by atoms with E-state index in [0.717, 1.165) is 5.52 Å². The van der Waals surface area contributed by atoms with Crippen LogP contribution in [-0.2, 0) is 11.8 Å². The summed E-state index contributed by atoms with van der Waals surface area (Å²) in [7, 11) is 3.35. The lowest BCUT2D eigenvalue weighted by molar-refractivity contribution is -0.146. The van der Waals surface area contributed by atoms with Crippen LogP contribution in [-0.4, -0.2) is 27.9 Å². The largest absolute Gasteiger partial charge is 0.496 e. The van der Waals surface area contributed by atoms with Crippen LogP contribution in [0, 0.1) is 6.92 Å². The fourth-order valence-corrected chi connectivity index (χ4v) is 2.24. The van der Waals surface area contributed by atoms with Crippen LogP contribution in [0.5, 0.6) is 5.75 Å². The third kappa shape index (κ3) is 1.64. The molecule has 0 amide bonds. The quantitative estimate of drug-likeness (QED) is 0.867. The van der Waals surface area contributed by atoms with Gasteiger partial charge in [0, 0.05) is 23.7 Å². The van der Waals surface area contributed by atoms with Crippen molar-refractivity contribution in [2.75, 3.05) is 7.11 Å². The summed E-state index contributed by atoms with van der Waals surface area (Å²) in [6, 6.07) is 5.44. The van der Waals surface area contributed by atoms with Gasteiger partial charge in [0.25, 0.3) is 0 Å². The van der Waals surface area contributed by atoms with E-state index in [9.17, 15) is 9.90 Å². The maximum Gasteiger partial charge on any atom is 0.337 e. The monoisotopic (exact) mass is 249 g/mol. The van der Waals surface area contributed by atoms with Gasteiger partial charge in [-0.15, -0.1) is 0 Å². The predicted molar refractivity (Wildman–Crippen MR) is 66.8 cm³/mol. The number of aryl methyl sites for hydroxylation is 1. The summed E-state index contributed by atoms with van der Waals surface area (Å²) in [5.41, 5.74) is 1.93. The van der Waals surface area contributed by atoms with Crippen molar-refractivity contribution in [2.45, 2.75) is 13.0 Å². The van der Waals surface area contributed by atoms with Crippen molar-refractivity contribution in [1.29, 1.82) is 0 Å². The second kappa shape index (κ2) is 4.34. The van der Waals surface area contributed by atoms with Crippen LogP contribution in [0.2, 0.25) is 0 Å². The Morgan fingerprint density at radius 1 is 1.44 bits per heavy atom. The van der Waals surface area contributed by atoms with Crippen molar-refractivity contribution in [3.05, 3.63) is 29.5 Å². The number of benzene rings is 1. The van der Waals surface area contributed by atoms with Gasteiger partial charge in [0.2, 0.25) is 0 Å². The number of fused-ring (bicyclic) bond motifs is 1. The first kappa shape index (κ1) is 12.4. The van der Waals surface area contributed by atoms with Gasteiger partial charge in [0.05, 0.1) is 12.6 Å². The van der Waals surface area contributed by atoms with Crippen LogP contribution in [0.4, 0.5) is 0 Å². The number of hydrogen-bond acceptors (Lipinski definition) is 3. The molecule has 0 aliphatic heterocycles.